The highest BCUT2D eigenvalue weighted by molar-refractivity contribution is 5.95. The van der Waals surface area contributed by atoms with Crippen LogP contribution in [0.4, 0.5) is 11.4 Å². The number of anilines is 1. The predicted molar refractivity (Wildman–Crippen MR) is 91.6 cm³/mol. The molecule has 0 aromatic heterocycles. The molecule has 4 nitrogen and oxygen atoms in total. The normalized spacial score (nSPS) is 10.7. The minimum atomic E-state index is 0. The van der Waals surface area contributed by atoms with E-state index >= 15 is 0 Å². The predicted octanol–water partition coefficient (Wildman–Crippen LogP) is 1.65. The summed E-state index contributed by atoms with van der Waals surface area (Å²) in [4.78, 5) is 4.53. The molecule has 0 radical (unpaired) electrons. The summed E-state index contributed by atoms with van der Waals surface area (Å²) in [7, 11) is 0. The average Bonchev–Trinajstić information content (AvgIpc) is 2.52. The van der Waals surface area contributed by atoms with Gasteiger partial charge in [0.25, 0.3) is 0 Å². The van der Waals surface area contributed by atoms with Crippen LogP contribution in [0.15, 0.2) is 53.5 Å². The first-order chi connectivity index (χ1) is 10.7. The molecule has 0 amide bonds. The van der Waals surface area contributed by atoms with Crippen LogP contribution in [-0.4, -0.2) is 19.0 Å². The number of hydrogen-bond acceptors (Lipinski definition) is 3. The standard InChI is InChI=1S/C18H22N2O2.ClH/c1-4-21-17-10-6-15(7-11-17)19-14(3)20-16-8-12-18(13-9-16)22-5-2;/h6-13H,4-5H2,1-3H3,(H,19,20);1H/p-1. The van der Waals surface area contributed by atoms with Crippen LogP contribution < -0.4 is 27.2 Å². The Kier molecular flexibility index (Phi) is 7.98. The second-order valence-corrected chi connectivity index (χ2v) is 4.71. The molecule has 0 spiro atoms. The van der Waals surface area contributed by atoms with E-state index in [-0.39, 0.29) is 12.4 Å². The molecular weight excluding hydrogens is 312 g/mol. The van der Waals surface area contributed by atoms with Gasteiger partial charge in [-0.15, -0.1) is 0 Å². The van der Waals surface area contributed by atoms with Crippen molar-refractivity contribution >= 4 is 17.2 Å². The van der Waals surface area contributed by atoms with Gasteiger partial charge >= 0.3 is 0 Å². The van der Waals surface area contributed by atoms with Crippen LogP contribution in [-0.2, 0) is 0 Å². The fourth-order valence-corrected chi connectivity index (χ4v) is 2.02. The lowest BCUT2D eigenvalue weighted by Crippen LogP contribution is -3.00. The summed E-state index contributed by atoms with van der Waals surface area (Å²) >= 11 is 0. The highest BCUT2D eigenvalue weighted by atomic mass is 35.5. The fourth-order valence-electron chi connectivity index (χ4n) is 2.02. The van der Waals surface area contributed by atoms with Gasteiger partial charge in [-0.1, -0.05) is 0 Å². The van der Waals surface area contributed by atoms with E-state index in [0.717, 1.165) is 28.7 Å². The Morgan fingerprint density at radius 2 is 1.35 bits per heavy atom. The van der Waals surface area contributed by atoms with Crippen molar-refractivity contribution in [2.75, 3.05) is 18.5 Å². The summed E-state index contributed by atoms with van der Waals surface area (Å²) in [6.07, 6.45) is 0. The molecule has 2 rings (SSSR count). The van der Waals surface area contributed by atoms with Crippen LogP contribution in [0.25, 0.3) is 0 Å². The monoisotopic (exact) mass is 333 g/mol. The van der Waals surface area contributed by atoms with Crippen LogP contribution in [0.5, 0.6) is 11.5 Å². The van der Waals surface area contributed by atoms with Crippen molar-refractivity contribution in [1.29, 1.82) is 0 Å². The van der Waals surface area contributed by atoms with E-state index in [9.17, 15) is 0 Å². The van der Waals surface area contributed by atoms with Gasteiger partial charge in [-0.25, -0.2) is 4.99 Å². The van der Waals surface area contributed by atoms with Crippen molar-refractivity contribution in [2.24, 2.45) is 4.99 Å². The van der Waals surface area contributed by atoms with Gasteiger partial charge in [0.1, 0.15) is 17.3 Å². The van der Waals surface area contributed by atoms with Gasteiger partial charge in [0.15, 0.2) is 0 Å². The Balaban J connectivity index is 0.00000264. The Labute approximate surface area is 144 Å². The van der Waals surface area contributed by atoms with Crippen molar-refractivity contribution in [2.45, 2.75) is 20.8 Å². The zero-order chi connectivity index (χ0) is 15.8. The van der Waals surface area contributed by atoms with Crippen molar-refractivity contribution in [3.63, 3.8) is 0 Å². The number of hydrogen-bond donors (Lipinski definition) is 1. The molecule has 0 aliphatic heterocycles. The zero-order valence-corrected chi connectivity index (χ0v) is 14.4. The molecular formula is C18H22ClN2O2-. The van der Waals surface area contributed by atoms with E-state index in [4.69, 9.17) is 9.47 Å². The van der Waals surface area contributed by atoms with Gasteiger partial charge in [-0.2, -0.15) is 0 Å². The third kappa shape index (κ3) is 6.20. The van der Waals surface area contributed by atoms with Crippen molar-refractivity contribution < 1.29 is 21.9 Å². The fraction of sp³-hybridized carbons (Fsp3) is 0.278. The van der Waals surface area contributed by atoms with E-state index in [1.54, 1.807) is 0 Å². The quantitative estimate of drug-likeness (QED) is 0.645. The van der Waals surface area contributed by atoms with Gasteiger partial charge in [0.05, 0.1) is 18.9 Å². The molecule has 0 aliphatic carbocycles. The number of aliphatic imine (C=N–C) groups is 1. The van der Waals surface area contributed by atoms with Crippen molar-refractivity contribution in [1.82, 2.24) is 0 Å². The molecule has 2 aromatic rings. The van der Waals surface area contributed by atoms with Crippen LogP contribution >= 0.6 is 0 Å². The summed E-state index contributed by atoms with van der Waals surface area (Å²) in [6, 6.07) is 15.6. The van der Waals surface area contributed by atoms with Gasteiger partial charge in [0, 0.05) is 5.69 Å². The molecule has 0 saturated heterocycles. The highest BCUT2D eigenvalue weighted by Crippen LogP contribution is 2.19. The maximum absolute atomic E-state index is 5.42. The second kappa shape index (κ2) is 9.74. The van der Waals surface area contributed by atoms with Crippen LogP contribution in [0.3, 0.4) is 0 Å². The van der Waals surface area contributed by atoms with Crippen LogP contribution in [0, 0.1) is 0 Å². The summed E-state index contributed by atoms with van der Waals surface area (Å²) < 4.78 is 10.8. The number of ether oxygens (including phenoxy) is 2. The first-order valence-corrected chi connectivity index (χ1v) is 7.49. The maximum atomic E-state index is 5.42. The summed E-state index contributed by atoms with van der Waals surface area (Å²) in [5.74, 6) is 2.56. The lowest BCUT2D eigenvalue weighted by Gasteiger charge is -2.08. The molecule has 0 atom stereocenters. The molecule has 0 fully saturated rings. The van der Waals surface area contributed by atoms with Crippen molar-refractivity contribution in [3.05, 3.63) is 48.5 Å². The van der Waals surface area contributed by atoms with Crippen LogP contribution in [0.1, 0.15) is 20.8 Å². The number of nitrogens with one attached hydrogen (secondary N) is 1. The lowest BCUT2D eigenvalue weighted by molar-refractivity contribution is -0.00000578. The summed E-state index contributed by atoms with van der Waals surface area (Å²) in [6.45, 7) is 7.22. The highest BCUT2D eigenvalue weighted by Gasteiger charge is 1.98. The maximum Gasteiger partial charge on any atom is 0.119 e. The Hall–Kier alpha value is -2.20. The smallest absolute Gasteiger partial charge is 0.119 e. The molecule has 1 N–H and O–H groups in total. The summed E-state index contributed by atoms with van der Waals surface area (Å²) in [5.41, 5.74) is 1.87. The second-order valence-electron chi connectivity index (χ2n) is 4.71. The number of halogens is 1. The largest absolute Gasteiger partial charge is 1.00 e. The van der Waals surface area contributed by atoms with E-state index in [2.05, 4.69) is 10.3 Å². The van der Waals surface area contributed by atoms with Gasteiger partial charge in [-0.05, 0) is 69.3 Å². The molecule has 0 heterocycles. The minimum Gasteiger partial charge on any atom is -1.00 e. The average molecular weight is 334 g/mol. The summed E-state index contributed by atoms with van der Waals surface area (Å²) in [5, 5.41) is 3.26. The van der Waals surface area contributed by atoms with E-state index in [0.29, 0.717) is 13.2 Å². The third-order valence-electron chi connectivity index (χ3n) is 2.94. The molecule has 0 unspecified atom stereocenters. The first kappa shape index (κ1) is 18.8. The molecule has 2 aromatic carbocycles. The minimum absolute atomic E-state index is 0. The Bertz CT molecular complexity index is 610. The molecule has 0 bridgehead atoms. The molecule has 0 saturated carbocycles. The number of nitrogens with zero attached hydrogens (tertiary/aromatic N) is 1. The van der Waals surface area contributed by atoms with E-state index in [1.165, 1.54) is 0 Å². The van der Waals surface area contributed by atoms with E-state index in [1.807, 2.05) is 69.3 Å². The van der Waals surface area contributed by atoms with Gasteiger partial charge in [0.2, 0.25) is 0 Å². The first-order valence-electron chi connectivity index (χ1n) is 7.49. The lowest BCUT2D eigenvalue weighted by atomic mass is 10.3. The molecule has 23 heavy (non-hydrogen) atoms. The van der Waals surface area contributed by atoms with Crippen molar-refractivity contribution in [3.8, 4) is 11.5 Å². The number of benzene rings is 2. The Morgan fingerprint density at radius 3 is 1.83 bits per heavy atom. The molecule has 5 heteroatoms. The van der Waals surface area contributed by atoms with E-state index < -0.39 is 0 Å². The zero-order valence-electron chi connectivity index (χ0n) is 13.7. The third-order valence-corrected chi connectivity index (χ3v) is 2.94. The number of rotatable bonds is 6. The topological polar surface area (TPSA) is 42.8 Å². The number of amidine groups is 1. The molecule has 124 valence electrons. The SMILES string of the molecule is CCOc1ccc(N=C(C)Nc2ccc(OCC)cc2)cc1.[Cl-]. The Morgan fingerprint density at radius 1 is 0.870 bits per heavy atom. The van der Waals surface area contributed by atoms with Gasteiger partial charge < -0.3 is 27.2 Å². The van der Waals surface area contributed by atoms with Gasteiger partial charge in [-0.3, -0.25) is 0 Å². The molecule has 0 aliphatic rings. The van der Waals surface area contributed by atoms with Crippen LogP contribution in [0.2, 0.25) is 0 Å².